The SMILES string of the molecule is COc1ccc2c(c1)CC[C@H](CN1CCN(CCOC(c3ccccc3)c3ccccc3)CC1)[C@H]2O. The highest BCUT2D eigenvalue weighted by Gasteiger charge is 2.30. The lowest BCUT2D eigenvalue weighted by atomic mass is 9.81. The highest BCUT2D eigenvalue weighted by atomic mass is 16.5. The standard InChI is InChI=1S/C31H38N2O3/c1-35-28-14-15-29-26(22-28)12-13-27(30(29)34)23-33-18-16-32(17-19-33)20-21-36-31(24-8-4-2-5-9-24)25-10-6-3-7-11-25/h2-11,14-15,22,27,30-31,34H,12-13,16-21,23H2,1H3/t27-,30-/m1/s1. The van der Waals surface area contributed by atoms with Gasteiger partial charge in [0.2, 0.25) is 0 Å². The first kappa shape index (κ1) is 25.0. The van der Waals surface area contributed by atoms with Gasteiger partial charge in [-0.3, -0.25) is 4.90 Å². The van der Waals surface area contributed by atoms with E-state index >= 15 is 0 Å². The van der Waals surface area contributed by atoms with E-state index < -0.39 is 0 Å². The molecule has 5 nitrogen and oxygen atoms in total. The van der Waals surface area contributed by atoms with E-state index in [1.54, 1.807) is 7.11 Å². The molecular formula is C31H38N2O3. The Hall–Kier alpha value is -2.70. The maximum Gasteiger partial charge on any atom is 0.119 e. The zero-order valence-electron chi connectivity index (χ0n) is 21.3. The highest BCUT2D eigenvalue weighted by Crippen LogP contribution is 2.36. The van der Waals surface area contributed by atoms with Gasteiger partial charge in [-0.25, -0.2) is 0 Å². The summed E-state index contributed by atoms with van der Waals surface area (Å²) in [5.74, 6) is 1.16. The van der Waals surface area contributed by atoms with Gasteiger partial charge in [-0.15, -0.1) is 0 Å². The van der Waals surface area contributed by atoms with Gasteiger partial charge in [0.25, 0.3) is 0 Å². The molecule has 36 heavy (non-hydrogen) atoms. The van der Waals surface area contributed by atoms with Crippen molar-refractivity contribution in [1.29, 1.82) is 0 Å². The van der Waals surface area contributed by atoms with E-state index in [-0.39, 0.29) is 12.2 Å². The van der Waals surface area contributed by atoms with Crippen LogP contribution in [0.3, 0.4) is 0 Å². The van der Waals surface area contributed by atoms with Gasteiger partial charge < -0.3 is 19.5 Å². The van der Waals surface area contributed by atoms with Gasteiger partial charge in [-0.2, -0.15) is 0 Å². The zero-order chi connectivity index (χ0) is 24.7. The third-order valence-electron chi connectivity index (χ3n) is 7.75. The molecule has 0 amide bonds. The minimum absolute atomic E-state index is 0.0377. The Labute approximate surface area is 215 Å². The van der Waals surface area contributed by atoms with Crippen molar-refractivity contribution in [3.63, 3.8) is 0 Å². The van der Waals surface area contributed by atoms with Crippen molar-refractivity contribution >= 4 is 0 Å². The Morgan fingerprint density at radius 3 is 2.14 bits per heavy atom. The number of piperazine rings is 1. The fraction of sp³-hybridized carbons (Fsp3) is 0.419. The number of ether oxygens (including phenoxy) is 2. The Bertz CT molecular complexity index is 1040. The number of benzene rings is 3. The maximum atomic E-state index is 11.0. The molecule has 1 heterocycles. The molecule has 5 rings (SSSR count). The molecule has 0 bridgehead atoms. The summed E-state index contributed by atoms with van der Waals surface area (Å²) in [6, 6.07) is 27.1. The van der Waals surface area contributed by atoms with Crippen LogP contribution in [0.15, 0.2) is 78.9 Å². The van der Waals surface area contributed by atoms with Crippen LogP contribution >= 0.6 is 0 Å². The second-order valence-electron chi connectivity index (χ2n) is 10.0. The van der Waals surface area contributed by atoms with Crippen LogP contribution in [0.5, 0.6) is 5.75 Å². The summed E-state index contributed by atoms with van der Waals surface area (Å²) in [4.78, 5) is 5.03. The van der Waals surface area contributed by atoms with Crippen LogP contribution in [0.1, 0.15) is 40.9 Å². The molecule has 0 saturated carbocycles. The molecule has 190 valence electrons. The van der Waals surface area contributed by atoms with Crippen molar-refractivity contribution < 1.29 is 14.6 Å². The third-order valence-corrected chi connectivity index (χ3v) is 7.75. The van der Waals surface area contributed by atoms with Crippen molar-refractivity contribution in [3.05, 3.63) is 101 Å². The summed E-state index contributed by atoms with van der Waals surface area (Å²) < 4.78 is 11.8. The van der Waals surface area contributed by atoms with Crippen LogP contribution in [0.2, 0.25) is 0 Å². The Balaban J connectivity index is 1.09. The van der Waals surface area contributed by atoms with Gasteiger partial charge in [0.15, 0.2) is 0 Å². The lowest BCUT2D eigenvalue weighted by Crippen LogP contribution is -2.49. The van der Waals surface area contributed by atoms with E-state index in [0.717, 1.165) is 63.4 Å². The van der Waals surface area contributed by atoms with Gasteiger partial charge in [0.05, 0.1) is 19.8 Å². The summed E-state index contributed by atoms with van der Waals surface area (Å²) in [5.41, 5.74) is 4.70. The number of aryl methyl sites for hydroxylation is 1. The van der Waals surface area contributed by atoms with E-state index in [0.29, 0.717) is 12.5 Å². The molecule has 1 aliphatic carbocycles. The van der Waals surface area contributed by atoms with E-state index in [2.05, 4.69) is 64.4 Å². The van der Waals surface area contributed by atoms with E-state index in [1.165, 1.54) is 16.7 Å². The molecule has 0 spiro atoms. The van der Waals surface area contributed by atoms with Crippen LogP contribution < -0.4 is 4.74 Å². The van der Waals surface area contributed by atoms with Crippen LogP contribution in [-0.4, -0.2) is 67.9 Å². The van der Waals surface area contributed by atoms with Crippen molar-refractivity contribution in [2.45, 2.75) is 25.0 Å². The molecule has 1 fully saturated rings. The molecule has 0 radical (unpaired) electrons. The molecule has 0 unspecified atom stereocenters. The van der Waals surface area contributed by atoms with Crippen molar-refractivity contribution in [1.82, 2.24) is 9.80 Å². The molecule has 3 aromatic rings. The average molecular weight is 487 g/mol. The fourth-order valence-corrected chi connectivity index (χ4v) is 5.63. The molecule has 1 N–H and O–H groups in total. The van der Waals surface area contributed by atoms with E-state index in [9.17, 15) is 5.11 Å². The fourth-order valence-electron chi connectivity index (χ4n) is 5.63. The topological polar surface area (TPSA) is 45.2 Å². The van der Waals surface area contributed by atoms with Crippen molar-refractivity contribution in [2.75, 3.05) is 53.0 Å². The van der Waals surface area contributed by atoms with Gasteiger partial charge in [0.1, 0.15) is 11.9 Å². The summed E-state index contributed by atoms with van der Waals surface area (Å²) in [7, 11) is 1.69. The zero-order valence-corrected chi connectivity index (χ0v) is 21.3. The second kappa shape index (κ2) is 12.0. The van der Waals surface area contributed by atoms with Gasteiger partial charge in [0, 0.05) is 45.2 Å². The van der Waals surface area contributed by atoms with Crippen molar-refractivity contribution in [2.24, 2.45) is 5.92 Å². The van der Waals surface area contributed by atoms with E-state index in [1.807, 2.05) is 24.3 Å². The summed E-state index contributed by atoms with van der Waals surface area (Å²) in [6.07, 6.45) is 1.61. The van der Waals surface area contributed by atoms with Crippen LogP contribution in [0.25, 0.3) is 0 Å². The molecule has 5 heteroatoms. The number of methoxy groups -OCH3 is 1. The number of hydrogen-bond acceptors (Lipinski definition) is 5. The van der Waals surface area contributed by atoms with Gasteiger partial charge in [-0.1, -0.05) is 66.7 Å². The first-order valence-corrected chi connectivity index (χ1v) is 13.2. The summed E-state index contributed by atoms with van der Waals surface area (Å²) >= 11 is 0. The number of aliphatic hydroxyl groups is 1. The van der Waals surface area contributed by atoms with Gasteiger partial charge >= 0.3 is 0 Å². The third kappa shape index (κ3) is 5.98. The second-order valence-corrected chi connectivity index (χ2v) is 10.0. The van der Waals surface area contributed by atoms with Crippen LogP contribution in [0.4, 0.5) is 0 Å². The first-order valence-electron chi connectivity index (χ1n) is 13.2. The Kier molecular flexibility index (Phi) is 8.34. The largest absolute Gasteiger partial charge is 0.497 e. The van der Waals surface area contributed by atoms with Gasteiger partial charge in [-0.05, 0) is 47.2 Å². The Morgan fingerprint density at radius 2 is 1.50 bits per heavy atom. The average Bonchev–Trinajstić information content (AvgIpc) is 2.94. The number of hydrogen-bond donors (Lipinski definition) is 1. The molecule has 2 aliphatic rings. The summed E-state index contributed by atoms with van der Waals surface area (Å²) in [6.45, 7) is 6.77. The number of aliphatic hydroxyl groups excluding tert-OH is 1. The molecule has 1 aliphatic heterocycles. The van der Waals surface area contributed by atoms with Crippen molar-refractivity contribution in [3.8, 4) is 5.75 Å². The maximum absolute atomic E-state index is 11.0. The lowest BCUT2D eigenvalue weighted by molar-refractivity contribution is 0.0285. The minimum atomic E-state index is -0.390. The predicted octanol–water partition coefficient (Wildman–Crippen LogP) is 4.71. The lowest BCUT2D eigenvalue weighted by Gasteiger charge is -2.39. The number of nitrogens with zero attached hydrogens (tertiary/aromatic N) is 2. The Morgan fingerprint density at radius 1 is 0.861 bits per heavy atom. The smallest absolute Gasteiger partial charge is 0.119 e. The number of fused-ring (bicyclic) bond motifs is 1. The molecule has 1 saturated heterocycles. The quantitative estimate of drug-likeness (QED) is 0.474. The monoisotopic (exact) mass is 486 g/mol. The summed E-state index contributed by atoms with van der Waals surface area (Å²) in [5, 5.41) is 11.0. The minimum Gasteiger partial charge on any atom is -0.497 e. The van der Waals surface area contributed by atoms with Crippen LogP contribution in [-0.2, 0) is 11.2 Å². The normalized spacial score (nSPS) is 20.9. The first-order chi connectivity index (χ1) is 17.7. The van der Waals surface area contributed by atoms with Crippen LogP contribution in [0, 0.1) is 5.92 Å². The predicted molar refractivity (Wildman–Crippen MR) is 143 cm³/mol. The van der Waals surface area contributed by atoms with E-state index in [4.69, 9.17) is 9.47 Å². The molecule has 0 aromatic heterocycles. The molecule has 3 aromatic carbocycles. The molecular weight excluding hydrogens is 448 g/mol. The highest BCUT2D eigenvalue weighted by molar-refractivity contribution is 5.39. The number of rotatable bonds is 9. The molecule has 2 atom stereocenters.